The molecular weight excluding hydrogens is 81.8 g/mol. The molecule has 0 aromatic rings. The van der Waals surface area contributed by atoms with Crippen molar-refractivity contribution in [1.82, 2.24) is 0 Å². The largest absolute Gasteiger partial charge is 1.00 e. The topological polar surface area (TPSA) is 0 Å². The van der Waals surface area contributed by atoms with Gasteiger partial charge in [-0.2, -0.15) is 0 Å². The standard InChI is InChI=1S/C4H10B.Na.H/c1-3-5-4-2;;/h3-4H2,1-2H3;;/q;+1;-1. The Morgan fingerprint density at radius 1 is 1.33 bits per heavy atom. The van der Waals surface area contributed by atoms with Crippen molar-refractivity contribution >= 4 is 7.28 Å². The molecule has 0 unspecified atom stereocenters. The van der Waals surface area contributed by atoms with E-state index in [1.807, 2.05) is 0 Å². The minimum Gasteiger partial charge on any atom is -1.00 e. The Hall–Kier alpha value is 1.06. The molecule has 6 heavy (non-hydrogen) atoms. The summed E-state index contributed by atoms with van der Waals surface area (Å²) in [6.07, 6.45) is 2.44. The van der Waals surface area contributed by atoms with E-state index in [9.17, 15) is 0 Å². The predicted octanol–water partition coefficient (Wildman–Crippen LogP) is -1.32. The molecule has 0 aliphatic carbocycles. The summed E-state index contributed by atoms with van der Waals surface area (Å²) in [5.41, 5.74) is 0. The number of hydrogen-bond donors (Lipinski definition) is 0. The molecule has 0 N–H and O–H groups in total. The Morgan fingerprint density at radius 2 is 1.67 bits per heavy atom. The van der Waals surface area contributed by atoms with Gasteiger partial charge in [0.25, 0.3) is 0 Å². The van der Waals surface area contributed by atoms with Crippen LogP contribution in [0, 0.1) is 0 Å². The van der Waals surface area contributed by atoms with Gasteiger partial charge < -0.3 is 1.43 Å². The summed E-state index contributed by atoms with van der Waals surface area (Å²) in [6.45, 7) is 4.31. The second-order valence-electron chi connectivity index (χ2n) is 1.11. The van der Waals surface area contributed by atoms with Gasteiger partial charge in [0.2, 0.25) is 0 Å². The van der Waals surface area contributed by atoms with E-state index in [2.05, 4.69) is 21.1 Å². The van der Waals surface area contributed by atoms with Gasteiger partial charge >= 0.3 is 29.6 Å². The number of hydrogen-bond acceptors (Lipinski definition) is 0. The minimum absolute atomic E-state index is 0. The van der Waals surface area contributed by atoms with Crippen LogP contribution >= 0.6 is 0 Å². The van der Waals surface area contributed by atoms with Crippen LogP contribution in [0.3, 0.4) is 0 Å². The summed E-state index contributed by atoms with van der Waals surface area (Å²) in [6, 6.07) is 0. The van der Waals surface area contributed by atoms with Gasteiger partial charge in [-0.3, -0.25) is 0 Å². The molecular formula is C4H11BNa. The average molecular weight is 92.9 g/mol. The summed E-state index contributed by atoms with van der Waals surface area (Å²) in [4.78, 5) is 0. The SMILES string of the molecule is CC[B]CC.[H-].[Na+]. The van der Waals surface area contributed by atoms with E-state index in [0.717, 1.165) is 0 Å². The van der Waals surface area contributed by atoms with E-state index < -0.39 is 0 Å². The van der Waals surface area contributed by atoms with Crippen molar-refractivity contribution in [2.45, 2.75) is 26.5 Å². The average Bonchev–Trinajstić information content (AvgIpc) is 1.41. The molecule has 2 heteroatoms. The maximum Gasteiger partial charge on any atom is 1.00 e. The molecule has 1 radical (unpaired) electrons. The van der Waals surface area contributed by atoms with Crippen LogP contribution in [0.25, 0.3) is 0 Å². The molecule has 0 atom stereocenters. The van der Waals surface area contributed by atoms with E-state index in [1.165, 1.54) is 12.6 Å². The molecule has 0 rings (SSSR count). The first-order valence-corrected chi connectivity index (χ1v) is 2.23. The first kappa shape index (κ1) is 10.1. The van der Waals surface area contributed by atoms with E-state index in [1.54, 1.807) is 0 Å². The van der Waals surface area contributed by atoms with Crippen molar-refractivity contribution in [3.63, 3.8) is 0 Å². The summed E-state index contributed by atoms with van der Waals surface area (Å²) < 4.78 is 0. The predicted molar refractivity (Wildman–Crippen MR) is 27.8 cm³/mol. The van der Waals surface area contributed by atoms with E-state index in [0.29, 0.717) is 0 Å². The fourth-order valence-corrected chi connectivity index (χ4v) is 0.289. The van der Waals surface area contributed by atoms with Crippen LogP contribution in [0.5, 0.6) is 0 Å². The fourth-order valence-electron chi connectivity index (χ4n) is 0.289. The first-order valence-electron chi connectivity index (χ1n) is 2.23. The van der Waals surface area contributed by atoms with Gasteiger partial charge in [-0.25, -0.2) is 0 Å². The monoisotopic (exact) mass is 93.1 g/mol. The molecule has 0 nitrogen and oxygen atoms in total. The Labute approximate surface area is 64.7 Å². The Balaban J connectivity index is -0.0000000800. The summed E-state index contributed by atoms with van der Waals surface area (Å²) in [7, 11) is 2.25. The van der Waals surface area contributed by atoms with Gasteiger partial charge in [-0.1, -0.05) is 26.5 Å². The summed E-state index contributed by atoms with van der Waals surface area (Å²) >= 11 is 0. The molecule has 0 amide bonds. The Bertz CT molecular complexity index is 19.2. The second kappa shape index (κ2) is 9.42. The smallest absolute Gasteiger partial charge is 1.00 e. The summed E-state index contributed by atoms with van der Waals surface area (Å²) in [5.74, 6) is 0. The molecule has 31 valence electrons. The Morgan fingerprint density at radius 3 is 1.67 bits per heavy atom. The van der Waals surface area contributed by atoms with Gasteiger partial charge in [0.1, 0.15) is 7.28 Å². The molecule has 0 saturated carbocycles. The molecule has 0 aromatic carbocycles. The van der Waals surface area contributed by atoms with Crippen LogP contribution < -0.4 is 29.6 Å². The van der Waals surface area contributed by atoms with E-state index in [-0.39, 0.29) is 31.0 Å². The normalized spacial score (nSPS) is 6.33. The Kier molecular flexibility index (Phi) is 15.9. The molecule has 0 aromatic heterocycles. The fraction of sp³-hybridized carbons (Fsp3) is 1.00. The zero-order chi connectivity index (χ0) is 4.12. The van der Waals surface area contributed by atoms with Gasteiger partial charge in [0.05, 0.1) is 0 Å². The van der Waals surface area contributed by atoms with Crippen LogP contribution in [0.4, 0.5) is 0 Å². The van der Waals surface area contributed by atoms with Crippen LogP contribution in [0.15, 0.2) is 0 Å². The minimum atomic E-state index is 0. The van der Waals surface area contributed by atoms with Crippen LogP contribution in [0.2, 0.25) is 12.6 Å². The maximum absolute atomic E-state index is 2.25. The van der Waals surface area contributed by atoms with Gasteiger partial charge in [0, 0.05) is 0 Å². The van der Waals surface area contributed by atoms with E-state index in [4.69, 9.17) is 0 Å². The molecule has 0 aliphatic heterocycles. The van der Waals surface area contributed by atoms with Gasteiger partial charge in [0.15, 0.2) is 0 Å². The third kappa shape index (κ3) is 8.91. The molecule has 0 fully saturated rings. The third-order valence-electron chi connectivity index (χ3n) is 0.577. The molecule has 0 heterocycles. The van der Waals surface area contributed by atoms with Crippen molar-refractivity contribution in [1.29, 1.82) is 0 Å². The van der Waals surface area contributed by atoms with Crippen LogP contribution in [-0.2, 0) is 0 Å². The van der Waals surface area contributed by atoms with Crippen molar-refractivity contribution in [2.75, 3.05) is 0 Å². The van der Waals surface area contributed by atoms with E-state index >= 15 is 0 Å². The molecule has 0 spiro atoms. The van der Waals surface area contributed by atoms with Gasteiger partial charge in [-0.05, 0) is 0 Å². The van der Waals surface area contributed by atoms with Crippen LogP contribution in [-0.4, -0.2) is 7.28 Å². The van der Waals surface area contributed by atoms with Crippen molar-refractivity contribution in [2.24, 2.45) is 0 Å². The second-order valence-corrected chi connectivity index (χ2v) is 1.11. The summed E-state index contributed by atoms with van der Waals surface area (Å²) in [5, 5.41) is 0. The maximum atomic E-state index is 2.25. The van der Waals surface area contributed by atoms with Crippen molar-refractivity contribution < 1.29 is 31.0 Å². The first-order chi connectivity index (χ1) is 2.41. The quantitative estimate of drug-likeness (QED) is 0.371. The van der Waals surface area contributed by atoms with Crippen molar-refractivity contribution in [3.8, 4) is 0 Å². The van der Waals surface area contributed by atoms with Crippen LogP contribution in [0.1, 0.15) is 15.3 Å². The molecule has 0 saturated heterocycles. The molecule has 0 bridgehead atoms. The van der Waals surface area contributed by atoms with Gasteiger partial charge in [-0.15, -0.1) is 0 Å². The molecule has 0 aliphatic rings. The zero-order valence-corrected chi connectivity index (χ0v) is 6.99. The van der Waals surface area contributed by atoms with Crippen molar-refractivity contribution in [3.05, 3.63) is 0 Å². The third-order valence-corrected chi connectivity index (χ3v) is 0.577. The zero-order valence-electron chi connectivity index (χ0n) is 5.99. The number of rotatable bonds is 2.